The van der Waals surface area contributed by atoms with Crippen molar-refractivity contribution in [2.45, 2.75) is 37.6 Å². The van der Waals surface area contributed by atoms with Gasteiger partial charge < -0.3 is 10.6 Å². The zero-order chi connectivity index (χ0) is 11.0. The van der Waals surface area contributed by atoms with Crippen molar-refractivity contribution in [2.75, 3.05) is 18.0 Å². The van der Waals surface area contributed by atoms with Gasteiger partial charge in [0.05, 0.1) is 0 Å². The molecule has 1 unspecified atom stereocenters. The van der Waals surface area contributed by atoms with Crippen molar-refractivity contribution in [3.05, 3.63) is 23.9 Å². The standard InChI is InChI=1S/C13H19N3/c14-9-11-3-2-8-16(11)13-5-1-4-12(15-13)10-6-7-10/h1,4-5,10-11H,2-3,6-9,14H2. The number of hydrogen-bond acceptors (Lipinski definition) is 3. The second-order valence-corrected chi connectivity index (χ2v) is 4.92. The van der Waals surface area contributed by atoms with Gasteiger partial charge in [0.15, 0.2) is 0 Å². The lowest BCUT2D eigenvalue weighted by Crippen LogP contribution is -2.35. The monoisotopic (exact) mass is 217 g/mol. The molecule has 86 valence electrons. The third-order valence-electron chi connectivity index (χ3n) is 3.70. The lowest BCUT2D eigenvalue weighted by atomic mass is 10.2. The van der Waals surface area contributed by atoms with Crippen LogP contribution in [0.2, 0.25) is 0 Å². The summed E-state index contributed by atoms with van der Waals surface area (Å²) in [6.07, 6.45) is 5.09. The maximum atomic E-state index is 5.80. The minimum Gasteiger partial charge on any atom is -0.352 e. The van der Waals surface area contributed by atoms with Gasteiger partial charge in [-0.25, -0.2) is 4.98 Å². The predicted octanol–water partition coefficient (Wildman–Crippen LogP) is 1.89. The van der Waals surface area contributed by atoms with Crippen LogP contribution in [-0.2, 0) is 0 Å². The summed E-state index contributed by atoms with van der Waals surface area (Å²) in [6.45, 7) is 1.86. The molecular formula is C13H19N3. The number of hydrogen-bond donors (Lipinski definition) is 1. The molecule has 1 saturated heterocycles. The highest BCUT2D eigenvalue weighted by molar-refractivity contribution is 5.42. The molecule has 1 atom stereocenters. The highest BCUT2D eigenvalue weighted by Crippen LogP contribution is 2.39. The molecule has 2 heterocycles. The van der Waals surface area contributed by atoms with Crippen molar-refractivity contribution >= 4 is 5.82 Å². The van der Waals surface area contributed by atoms with Crippen LogP contribution in [0.1, 0.15) is 37.3 Å². The average molecular weight is 217 g/mol. The molecule has 2 fully saturated rings. The van der Waals surface area contributed by atoms with Gasteiger partial charge in [-0.2, -0.15) is 0 Å². The van der Waals surface area contributed by atoms with E-state index in [0.29, 0.717) is 6.04 Å². The number of anilines is 1. The van der Waals surface area contributed by atoms with Gasteiger partial charge in [0.2, 0.25) is 0 Å². The zero-order valence-corrected chi connectivity index (χ0v) is 9.60. The van der Waals surface area contributed by atoms with Gasteiger partial charge in [-0.3, -0.25) is 0 Å². The van der Waals surface area contributed by atoms with Crippen molar-refractivity contribution in [3.8, 4) is 0 Å². The highest BCUT2D eigenvalue weighted by atomic mass is 15.2. The Bertz CT molecular complexity index is 373. The van der Waals surface area contributed by atoms with E-state index in [4.69, 9.17) is 10.7 Å². The van der Waals surface area contributed by atoms with Crippen LogP contribution in [0.5, 0.6) is 0 Å². The fourth-order valence-electron chi connectivity index (χ4n) is 2.59. The molecule has 0 amide bonds. The molecule has 1 aromatic heterocycles. The van der Waals surface area contributed by atoms with E-state index in [1.807, 2.05) is 0 Å². The van der Waals surface area contributed by atoms with Crippen molar-refractivity contribution < 1.29 is 0 Å². The minimum absolute atomic E-state index is 0.502. The molecule has 3 rings (SSSR count). The summed E-state index contributed by atoms with van der Waals surface area (Å²) in [4.78, 5) is 7.17. The largest absolute Gasteiger partial charge is 0.352 e. The maximum Gasteiger partial charge on any atom is 0.129 e. The molecule has 1 saturated carbocycles. The van der Waals surface area contributed by atoms with Gasteiger partial charge >= 0.3 is 0 Å². The normalized spacial score (nSPS) is 25.1. The Hall–Kier alpha value is -1.09. The van der Waals surface area contributed by atoms with Gasteiger partial charge in [0.25, 0.3) is 0 Å². The molecular weight excluding hydrogens is 198 g/mol. The first-order valence-electron chi connectivity index (χ1n) is 6.32. The van der Waals surface area contributed by atoms with Crippen LogP contribution in [0, 0.1) is 0 Å². The Labute approximate surface area is 96.7 Å². The Morgan fingerprint density at radius 2 is 2.19 bits per heavy atom. The molecule has 0 radical (unpaired) electrons. The number of pyridine rings is 1. The van der Waals surface area contributed by atoms with Gasteiger partial charge in [-0.15, -0.1) is 0 Å². The summed E-state index contributed by atoms with van der Waals surface area (Å²) < 4.78 is 0. The molecule has 0 aromatic carbocycles. The van der Waals surface area contributed by atoms with E-state index in [0.717, 1.165) is 24.8 Å². The third-order valence-corrected chi connectivity index (χ3v) is 3.70. The number of nitrogens with two attached hydrogens (primary N) is 1. The summed E-state index contributed by atoms with van der Waals surface area (Å²) in [5, 5.41) is 0. The van der Waals surface area contributed by atoms with Crippen molar-refractivity contribution in [1.82, 2.24) is 4.98 Å². The molecule has 1 aliphatic carbocycles. The smallest absolute Gasteiger partial charge is 0.129 e. The van der Waals surface area contributed by atoms with Gasteiger partial charge in [-0.1, -0.05) is 6.07 Å². The third kappa shape index (κ3) is 1.80. The van der Waals surface area contributed by atoms with Crippen LogP contribution < -0.4 is 10.6 Å². The molecule has 2 N–H and O–H groups in total. The summed E-state index contributed by atoms with van der Waals surface area (Å²) >= 11 is 0. The van der Waals surface area contributed by atoms with Crippen molar-refractivity contribution in [2.24, 2.45) is 5.73 Å². The lowest BCUT2D eigenvalue weighted by Gasteiger charge is -2.24. The molecule has 1 aromatic rings. The van der Waals surface area contributed by atoms with Crippen LogP contribution in [-0.4, -0.2) is 24.1 Å². The Morgan fingerprint density at radius 3 is 2.94 bits per heavy atom. The van der Waals surface area contributed by atoms with E-state index in [9.17, 15) is 0 Å². The second kappa shape index (κ2) is 4.06. The van der Waals surface area contributed by atoms with E-state index in [2.05, 4.69) is 23.1 Å². The molecule has 1 aliphatic heterocycles. The number of aromatic nitrogens is 1. The lowest BCUT2D eigenvalue weighted by molar-refractivity contribution is 0.670. The molecule has 16 heavy (non-hydrogen) atoms. The van der Waals surface area contributed by atoms with Crippen LogP contribution in [0.25, 0.3) is 0 Å². The van der Waals surface area contributed by atoms with E-state index < -0.39 is 0 Å². The first-order chi connectivity index (χ1) is 7.88. The van der Waals surface area contributed by atoms with E-state index in [1.165, 1.54) is 31.4 Å². The molecule has 0 bridgehead atoms. The topological polar surface area (TPSA) is 42.1 Å². The Kier molecular flexibility index (Phi) is 2.56. The van der Waals surface area contributed by atoms with Gasteiger partial charge in [0, 0.05) is 30.7 Å². The van der Waals surface area contributed by atoms with E-state index in [1.54, 1.807) is 0 Å². The van der Waals surface area contributed by atoms with E-state index in [-0.39, 0.29) is 0 Å². The fraction of sp³-hybridized carbons (Fsp3) is 0.615. The average Bonchev–Trinajstić information content (AvgIpc) is 3.07. The summed E-state index contributed by atoms with van der Waals surface area (Å²) in [7, 11) is 0. The first-order valence-corrected chi connectivity index (χ1v) is 6.32. The minimum atomic E-state index is 0.502. The van der Waals surface area contributed by atoms with Gasteiger partial charge in [-0.05, 0) is 37.8 Å². The zero-order valence-electron chi connectivity index (χ0n) is 9.60. The molecule has 3 heteroatoms. The van der Waals surface area contributed by atoms with Crippen LogP contribution in [0.4, 0.5) is 5.82 Å². The first kappa shape index (κ1) is 10.1. The van der Waals surface area contributed by atoms with Crippen LogP contribution in [0.3, 0.4) is 0 Å². The maximum absolute atomic E-state index is 5.80. The van der Waals surface area contributed by atoms with Gasteiger partial charge in [0.1, 0.15) is 5.82 Å². The van der Waals surface area contributed by atoms with Crippen LogP contribution >= 0.6 is 0 Å². The Morgan fingerprint density at radius 1 is 1.31 bits per heavy atom. The SMILES string of the molecule is NCC1CCCN1c1cccc(C2CC2)n1. The van der Waals surface area contributed by atoms with E-state index >= 15 is 0 Å². The molecule has 2 aliphatic rings. The predicted molar refractivity (Wildman–Crippen MR) is 65.6 cm³/mol. The summed E-state index contributed by atoms with van der Waals surface area (Å²) in [5.74, 6) is 1.87. The summed E-state index contributed by atoms with van der Waals surface area (Å²) in [5.41, 5.74) is 7.08. The summed E-state index contributed by atoms with van der Waals surface area (Å²) in [6, 6.07) is 6.93. The van der Waals surface area contributed by atoms with Crippen molar-refractivity contribution in [3.63, 3.8) is 0 Å². The second-order valence-electron chi connectivity index (χ2n) is 4.92. The number of nitrogens with zero attached hydrogens (tertiary/aromatic N) is 2. The van der Waals surface area contributed by atoms with Crippen LogP contribution in [0.15, 0.2) is 18.2 Å². The molecule has 3 nitrogen and oxygen atoms in total. The molecule has 0 spiro atoms. The fourth-order valence-corrected chi connectivity index (χ4v) is 2.59. The Balaban J connectivity index is 1.84. The highest BCUT2D eigenvalue weighted by Gasteiger charge is 2.28. The quantitative estimate of drug-likeness (QED) is 0.840. The number of rotatable bonds is 3. The van der Waals surface area contributed by atoms with Crippen molar-refractivity contribution in [1.29, 1.82) is 0 Å².